The number of fused-ring (bicyclic) bond motifs is 1. The summed E-state index contributed by atoms with van der Waals surface area (Å²) in [5.74, 6) is 1.72. The number of aromatic hydroxyl groups is 1. The molecule has 2 aromatic carbocycles. The van der Waals surface area contributed by atoms with Crippen molar-refractivity contribution in [2.75, 3.05) is 62.3 Å². The molecule has 222 valence electrons. The van der Waals surface area contributed by atoms with Crippen LogP contribution in [-0.2, 0) is 14.3 Å². The number of anilines is 2. The number of allylic oxidation sites excluding steroid dienone is 2. The molecule has 1 N–H and O–H groups in total. The number of morpholine rings is 1. The zero-order chi connectivity index (χ0) is 29.8. The number of aromatic nitrogens is 2. The van der Waals surface area contributed by atoms with Crippen LogP contribution in [0.4, 0.5) is 11.5 Å². The number of amides is 1. The van der Waals surface area contributed by atoms with E-state index in [0.29, 0.717) is 32.1 Å². The maximum absolute atomic E-state index is 12.6. The van der Waals surface area contributed by atoms with E-state index >= 15 is 0 Å². The summed E-state index contributed by atoms with van der Waals surface area (Å²) in [4.78, 5) is 41.7. The van der Waals surface area contributed by atoms with Gasteiger partial charge in [0.15, 0.2) is 17.4 Å². The summed E-state index contributed by atoms with van der Waals surface area (Å²) in [6, 6.07) is 17.7. The van der Waals surface area contributed by atoms with E-state index in [0.717, 1.165) is 63.9 Å². The van der Waals surface area contributed by atoms with E-state index in [2.05, 4.69) is 40.1 Å². The molecular weight excluding hydrogens is 562 g/mol. The minimum absolute atomic E-state index is 0.00509. The zero-order valence-corrected chi connectivity index (χ0v) is 25.1. The molecule has 6 rings (SSSR count). The third kappa shape index (κ3) is 6.55. The fourth-order valence-corrected chi connectivity index (χ4v) is 6.65. The summed E-state index contributed by atoms with van der Waals surface area (Å²) in [7, 11) is 0. The highest BCUT2D eigenvalue weighted by Crippen LogP contribution is 2.39. The van der Waals surface area contributed by atoms with Gasteiger partial charge in [-0.1, -0.05) is 30.3 Å². The van der Waals surface area contributed by atoms with Gasteiger partial charge in [-0.3, -0.25) is 9.59 Å². The smallest absolute Gasteiger partial charge is 0.223 e. The number of rotatable bonds is 8. The molecule has 0 radical (unpaired) electrons. The number of carbonyl (C=O) groups excluding carboxylic acids is 2. The second-order valence-corrected chi connectivity index (χ2v) is 11.8. The van der Waals surface area contributed by atoms with Gasteiger partial charge in [-0.15, -0.1) is 11.3 Å². The van der Waals surface area contributed by atoms with Crippen LogP contribution in [0.5, 0.6) is 5.75 Å². The number of thiophene rings is 1. The maximum Gasteiger partial charge on any atom is 0.223 e. The lowest BCUT2D eigenvalue weighted by molar-refractivity contribution is -0.132. The van der Waals surface area contributed by atoms with Crippen LogP contribution in [0.3, 0.4) is 0 Å². The first-order valence-electron chi connectivity index (χ1n) is 14.7. The molecule has 0 unspecified atom stereocenters. The molecule has 0 atom stereocenters. The molecule has 0 bridgehead atoms. The predicted octanol–water partition coefficient (Wildman–Crippen LogP) is 5.14. The molecule has 2 fully saturated rings. The third-order valence-corrected chi connectivity index (χ3v) is 9.03. The maximum atomic E-state index is 12.6. The lowest BCUT2D eigenvalue weighted by Crippen LogP contribution is -2.48. The largest absolute Gasteiger partial charge is 0.508 e. The SMILES string of the molecule is C/C=C/C(=O)CCC(=O)N1CCN(c2ccc(-c3cc4nc(-c5cccc(O)c5)nc(N5CCOCC5)c4s3)cc2)CC1. The van der Waals surface area contributed by atoms with Crippen LogP contribution in [0.2, 0.25) is 0 Å². The average Bonchev–Trinajstić information content (AvgIpc) is 3.48. The Balaban J connectivity index is 1.19. The van der Waals surface area contributed by atoms with Gasteiger partial charge in [-0.2, -0.15) is 0 Å². The Bertz CT molecular complexity index is 1640. The van der Waals surface area contributed by atoms with E-state index in [1.807, 2.05) is 11.0 Å². The number of carbonyl (C=O) groups is 2. The van der Waals surface area contributed by atoms with Gasteiger partial charge in [-0.05, 0) is 48.9 Å². The summed E-state index contributed by atoms with van der Waals surface area (Å²) in [5.41, 5.74) is 3.89. The number of ether oxygens (including phenoxy) is 1. The minimum atomic E-state index is -0.00509. The van der Waals surface area contributed by atoms with Crippen LogP contribution < -0.4 is 9.80 Å². The van der Waals surface area contributed by atoms with Crippen molar-refractivity contribution in [1.82, 2.24) is 14.9 Å². The summed E-state index contributed by atoms with van der Waals surface area (Å²) >= 11 is 1.69. The van der Waals surface area contributed by atoms with Gasteiger partial charge < -0.3 is 24.5 Å². The molecule has 10 heteroatoms. The quantitative estimate of drug-likeness (QED) is 0.279. The molecular formula is C33H35N5O4S. The average molecular weight is 598 g/mol. The summed E-state index contributed by atoms with van der Waals surface area (Å²) in [6.07, 6.45) is 3.76. The van der Waals surface area contributed by atoms with Crippen molar-refractivity contribution in [3.63, 3.8) is 0 Å². The number of benzene rings is 2. The van der Waals surface area contributed by atoms with Gasteiger partial charge in [-0.25, -0.2) is 9.97 Å². The van der Waals surface area contributed by atoms with Gasteiger partial charge in [0.25, 0.3) is 0 Å². The summed E-state index contributed by atoms with van der Waals surface area (Å²) in [5, 5.41) is 10.1. The Hall–Kier alpha value is -4.28. The van der Waals surface area contributed by atoms with Crippen LogP contribution in [-0.4, -0.2) is 84.1 Å². The molecule has 4 heterocycles. The predicted molar refractivity (Wildman–Crippen MR) is 171 cm³/mol. The number of piperazine rings is 1. The molecule has 2 saturated heterocycles. The molecule has 2 aromatic heterocycles. The first kappa shape index (κ1) is 28.8. The lowest BCUT2D eigenvalue weighted by atomic mass is 10.1. The van der Waals surface area contributed by atoms with E-state index in [-0.39, 0.29) is 30.3 Å². The number of hydrogen-bond acceptors (Lipinski definition) is 9. The Morgan fingerprint density at radius 2 is 1.67 bits per heavy atom. The van der Waals surface area contributed by atoms with E-state index in [9.17, 15) is 14.7 Å². The molecule has 0 aliphatic carbocycles. The molecule has 2 aliphatic rings. The van der Waals surface area contributed by atoms with Crippen molar-refractivity contribution >= 4 is 44.7 Å². The first-order valence-corrected chi connectivity index (χ1v) is 15.5. The second kappa shape index (κ2) is 12.9. The van der Waals surface area contributed by atoms with Crippen molar-refractivity contribution in [2.45, 2.75) is 19.8 Å². The van der Waals surface area contributed by atoms with Crippen LogP contribution in [0.1, 0.15) is 19.8 Å². The topological polar surface area (TPSA) is 99.1 Å². The standard InChI is InChI=1S/C33H35N5O4S/c1-2-4-26(39)11-12-30(41)37-15-13-36(14-16-37)25-9-7-23(8-10-25)29-22-28-31(43-29)33(38-17-19-42-20-18-38)35-32(34-28)24-5-3-6-27(40)21-24/h2-10,21-22,40H,11-20H2,1H3/b4-2+. The Kier molecular flexibility index (Phi) is 8.67. The fraction of sp³-hybridized carbons (Fsp3) is 0.333. The van der Waals surface area contributed by atoms with Crippen molar-refractivity contribution in [2.24, 2.45) is 0 Å². The van der Waals surface area contributed by atoms with Crippen molar-refractivity contribution in [3.05, 3.63) is 66.7 Å². The third-order valence-electron chi connectivity index (χ3n) is 7.86. The van der Waals surface area contributed by atoms with Gasteiger partial charge in [0.2, 0.25) is 5.91 Å². The molecule has 0 saturated carbocycles. The number of phenols is 1. The van der Waals surface area contributed by atoms with Gasteiger partial charge in [0.05, 0.1) is 23.4 Å². The van der Waals surface area contributed by atoms with Crippen molar-refractivity contribution in [3.8, 4) is 27.6 Å². The number of phenolic OH excluding ortho intramolecular Hbond substituents is 1. The number of hydrogen-bond donors (Lipinski definition) is 1. The monoisotopic (exact) mass is 597 g/mol. The summed E-state index contributed by atoms with van der Waals surface area (Å²) in [6.45, 7) is 7.47. The van der Waals surface area contributed by atoms with Crippen LogP contribution in [0.25, 0.3) is 32.0 Å². The second-order valence-electron chi connectivity index (χ2n) is 10.7. The van der Waals surface area contributed by atoms with E-state index in [1.165, 1.54) is 6.08 Å². The van der Waals surface area contributed by atoms with Crippen LogP contribution >= 0.6 is 11.3 Å². The highest BCUT2D eigenvalue weighted by atomic mass is 32.1. The van der Waals surface area contributed by atoms with Crippen LogP contribution in [0.15, 0.2) is 66.7 Å². The fourth-order valence-electron chi connectivity index (χ4n) is 5.53. The Labute approximate surface area is 255 Å². The van der Waals surface area contributed by atoms with Gasteiger partial charge in [0.1, 0.15) is 5.75 Å². The molecule has 0 spiro atoms. The normalized spacial score (nSPS) is 15.9. The lowest BCUT2D eigenvalue weighted by Gasteiger charge is -2.36. The highest BCUT2D eigenvalue weighted by Gasteiger charge is 2.23. The minimum Gasteiger partial charge on any atom is -0.508 e. The van der Waals surface area contributed by atoms with Crippen molar-refractivity contribution < 1.29 is 19.4 Å². The van der Waals surface area contributed by atoms with E-state index in [1.54, 1.807) is 42.5 Å². The van der Waals surface area contributed by atoms with Gasteiger partial charge in [0, 0.05) is 68.2 Å². The number of nitrogens with zero attached hydrogens (tertiary/aromatic N) is 5. The van der Waals surface area contributed by atoms with E-state index in [4.69, 9.17) is 14.7 Å². The molecule has 1 amide bonds. The molecule has 2 aliphatic heterocycles. The Morgan fingerprint density at radius 3 is 2.40 bits per heavy atom. The van der Waals surface area contributed by atoms with Gasteiger partial charge >= 0.3 is 0 Å². The first-order chi connectivity index (χ1) is 21.0. The summed E-state index contributed by atoms with van der Waals surface area (Å²) < 4.78 is 6.63. The highest BCUT2D eigenvalue weighted by molar-refractivity contribution is 7.22. The zero-order valence-electron chi connectivity index (χ0n) is 24.2. The molecule has 9 nitrogen and oxygen atoms in total. The van der Waals surface area contributed by atoms with Crippen molar-refractivity contribution in [1.29, 1.82) is 0 Å². The number of ketones is 1. The van der Waals surface area contributed by atoms with E-state index < -0.39 is 0 Å². The van der Waals surface area contributed by atoms with Crippen LogP contribution in [0, 0.1) is 0 Å². The molecule has 4 aromatic rings. The molecule has 43 heavy (non-hydrogen) atoms. The Morgan fingerprint density at radius 1 is 0.907 bits per heavy atom.